The maximum absolute atomic E-state index is 11.6. The van der Waals surface area contributed by atoms with Crippen molar-refractivity contribution in [1.29, 1.82) is 0 Å². The lowest BCUT2D eigenvalue weighted by Crippen LogP contribution is -2.59. The fourth-order valence-electron chi connectivity index (χ4n) is 10.1. The minimum absolute atomic E-state index is 0.0695. The molecule has 0 amide bonds. The van der Waals surface area contributed by atoms with Crippen LogP contribution in [0.4, 0.5) is 0 Å². The second kappa shape index (κ2) is 7.18. The summed E-state index contributed by atoms with van der Waals surface area (Å²) in [6, 6.07) is 4.43. The Kier molecular flexibility index (Phi) is 4.60. The van der Waals surface area contributed by atoms with Crippen molar-refractivity contribution >= 4 is 0 Å². The van der Waals surface area contributed by atoms with Crippen molar-refractivity contribution in [3.05, 3.63) is 34.4 Å². The molecule has 180 valence electrons. The van der Waals surface area contributed by atoms with Crippen molar-refractivity contribution in [1.82, 2.24) is 10.2 Å². The number of nitrogens with one attached hydrogen (secondary N) is 1. The third kappa shape index (κ3) is 2.79. The van der Waals surface area contributed by atoms with E-state index in [1.54, 1.807) is 12.3 Å². The van der Waals surface area contributed by atoms with Crippen LogP contribution in [0.3, 0.4) is 0 Å². The molecular weight excluding hydrogens is 412 g/mol. The van der Waals surface area contributed by atoms with Gasteiger partial charge < -0.3 is 14.5 Å². The topological polar surface area (TPSA) is 58.0 Å². The summed E-state index contributed by atoms with van der Waals surface area (Å²) in [5, 5.41) is 3.53. The minimum atomic E-state index is -0.246. The van der Waals surface area contributed by atoms with Crippen LogP contribution in [-0.4, -0.2) is 48.8 Å². The Morgan fingerprint density at radius 1 is 1.00 bits per heavy atom. The second-order valence-electron chi connectivity index (χ2n) is 12.7. The smallest absolute Gasteiger partial charge is 0.335 e. The molecule has 2 aliphatic heterocycles. The van der Waals surface area contributed by atoms with Crippen molar-refractivity contribution in [2.45, 2.75) is 88.9 Å². The van der Waals surface area contributed by atoms with Crippen molar-refractivity contribution in [2.75, 3.05) is 26.2 Å². The van der Waals surface area contributed by atoms with Gasteiger partial charge in [0, 0.05) is 43.7 Å². The zero-order chi connectivity index (χ0) is 22.4. The van der Waals surface area contributed by atoms with Gasteiger partial charge in [0.1, 0.15) is 5.60 Å². The monoisotopic (exact) mass is 452 g/mol. The molecule has 0 aromatic carbocycles. The standard InChI is InChI=1S/C28H40N2O3/c1-26-9-7-20(30-13-11-29-12-14-30)15-19(26)4-5-22-21(26)8-10-27(2)23(16-24-28(22,27)33-24)18-3-6-25(31)32-17-18/h3,6,17,19-24,29H,4-5,7-16H2,1-2H3/t19-,20?,21+,22-,23-,24-,26+,27-,28-/m1/s1. The van der Waals surface area contributed by atoms with Crippen LogP contribution in [0, 0.1) is 28.6 Å². The van der Waals surface area contributed by atoms with Crippen LogP contribution in [0.1, 0.15) is 76.7 Å². The highest BCUT2D eigenvalue weighted by atomic mass is 16.6. The van der Waals surface area contributed by atoms with Gasteiger partial charge in [-0.2, -0.15) is 0 Å². The van der Waals surface area contributed by atoms with E-state index in [1.807, 2.05) is 6.07 Å². The Hall–Kier alpha value is -1.17. The van der Waals surface area contributed by atoms with Gasteiger partial charge in [0.15, 0.2) is 0 Å². The molecule has 4 saturated carbocycles. The number of rotatable bonds is 2. The van der Waals surface area contributed by atoms with Gasteiger partial charge in [-0.05, 0) is 92.1 Å². The highest BCUT2D eigenvalue weighted by Crippen LogP contribution is 2.78. The summed E-state index contributed by atoms with van der Waals surface area (Å²) in [5.74, 6) is 2.85. The lowest BCUT2D eigenvalue weighted by Gasteiger charge is -2.61. The maximum atomic E-state index is 11.6. The maximum Gasteiger partial charge on any atom is 0.335 e. The van der Waals surface area contributed by atoms with Crippen LogP contribution in [0.25, 0.3) is 0 Å². The highest BCUT2D eigenvalue weighted by molar-refractivity contribution is 5.35. The van der Waals surface area contributed by atoms with Crippen LogP contribution in [-0.2, 0) is 4.74 Å². The van der Waals surface area contributed by atoms with Crippen molar-refractivity contribution in [2.24, 2.45) is 28.6 Å². The average molecular weight is 453 g/mol. The van der Waals surface area contributed by atoms with E-state index in [-0.39, 0.29) is 16.6 Å². The van der Waals surface area contributed by atoms with Crippen LogP contribution in [0.5, 0.6) is 0 Å². The third-order valence-electron chi connectivity index (χ3n) is 11.9. The Balaban J connectivity index is 1.14. The number of piperazine rings is 1. The first kappa shape index (κ1) is 21.1. The molecule has 1 unspecified atom stereocenters. The first-order chi connectivity index (χ1) is 16.0. The zero-order valence-electron chi connectivity index (χ0n) is 20.4. The van der Waals surface area contributed by atoms with Crippen LogP contribution in [0.2, 0.25) is 0 Å². The molecule has 4 aliphatic carbocycles. The molecule has 1 aromatic rings. The fraction of sp³-hybridized carbons (Fsp3) is 0.821. The van der Waals surface area contributed by atoms with E-state index in [0.29, 0.717) is 23.4 Å². The SMILES string of the molecule is C[C@]12CCC(N3CCNCC3)C[C@H]1CC[C@@H]1[C@@H]2CC[C@]2(C)[C@@H](c3ccc(=O)oc3)C[C@H]3O[C@]132. The Labute approximate surface area is 197 Å². The van der Waals surface area contributed by atoms with E-state index in [9.17, 15) is 4.79 Å². The summed E-state index contributed by atoms with van der Waals surface area (Å²) in [7, 11) is 0. The van der Waals surface area contributed by atoms with E-state index in [0.717, 1.165) is 37.4 Å². The minimum Gasteiger partial charge on any atom is -0.431 e. The molecule has 2 saturated heterocycles. The number of hydrogen-bond acceptors (Lipinski definition) is 5. The molecular formula is C28H40N2O3. The number of fused-ring (bicyclic) bond motifs is 3. The third-order valence-corrected chi connectivity index (χ3v) is 11.9. The first-order valence-electron chi connectivity index (χ1n) is 13.7. The van der Waals surface area contributed by atoms with Gasteiger partial charge in [-0.3, -0.25) is 4.90 Å². The van der Waals surface area contributed by atoms with E-state index in [1.165, 1.54) is 63.6 Å². The summed E-state index contributed by atoms with van der Waals surface area (Å²) in [5.41, 5.74) is 1.68. The Morgan fingerprint density at radius 2 is 1.85 bits per heavy atom. The van der Waals surface area contributed by atoms with Gasteiger partial charge in [-0.15, -0.1) is 0 Å². The summed E-state index contributed by atoms with van der Waals surface area (Å²) in [6.07, 6.45) is 12.8. The molecule has 6 fully saturated rings. The highest BCUT2D eigenvalue weighted by Gasteiger charge is 2.80. The van der Waals surface area contributed by atoms with Gasteiger partial charge in [0.2, 0.25) is 0 Å². The Bertz CT molecular complexity index is 967. The number of hydrogen-bond donors (Lipinski definition) is 1. The summed E-state index contributed by atoms with van der Waals surface area (Å²) < 4.78 is 12.0. The molecule has 3 heterocycles. The normalized spacial score (nSPS) is 51.2. The van der Waals surface area contributed by atoms with Gasteiger partial charge in [0.05, 0.1) is 12.4 Å². The molecule has 1 spiro atoms. The van der Waals surface area contributed by atoms with Gasteiger partial charge >= 0.3 is 5.63 Å². The van der Waals surface area contributed by atoms with Crippen LogP contribution >= 0.6 is 0 Å². The second-order valence-corrected chi connectivity index (χ2v) is 12.7. The lowest BCUT2D eigenvalue weighted by atomic mass is 9.44. The van der Waals surface area contributed by atoms with Crippen LogP contribution in [0.15, 0.2) is 27.6 Å². The van der Waals surface area contributed by atoms with E-state index in [2.05, 4.69) is 24.1 Å². The van der Waals surface area contributed by atoms with Gasteiger partial charge in [-0.25, -0.2) is 4.79 Å². The van der Waals surface area contributed by atoms with E-state index in [4.69, 9.17) is 9.15 Å². The van der Waals surface area contributed by atoms with Gasteiger partial charge in [-0.1, -0.05) is 13.8 Å². The van der Waals surface area contributed by atoms with Gasteiger partial charge in [0.25, 0.3) is 0 Å². The molecule has 6 aliphatic rings. The molecule has 7 rings (SSSR count). The quantitative estimate of drug-likeness (QED) is 0.683. The first-order valence-corrected chi connectivity index (χ1v) is 13.7. The number of nitrogens with zero attached hydrogens (tertiary/aromatic N) is 1. The molecule has 5 nitrogen and oxygen atoms in total. The predicted octanol–water partition coefficient (Wildman–Crippen LogP) is 4.17. The molecule has 0 radical (unpaired) electrons. The molecule has 5 heteroatoms. The van der Waals surface area contributed by atoms with E-state index < -0.39 is 0 Å². The average Bonchev–Trinajstić information content (AvgIpc) is 3.49. The molecule has 33 heavy (non-hydrogen) atoms. The predicted molar refractivity (Wildman–Crippen MR) is 127 cm³/mol. The summed E-state index contributed by atoms with van der Waals surface area (Å²) in [4.78, 5) is 14.3. The van der Waals surface area contributed by atoms with Crippen molar-refractivity contribution in [3.8, 4) is 0 Å². The molecule has 1 N–H and O–H groups in total. The molecule has 0 bridgehead atoms. The fourth-order valence-corrected chi connectivity index (χ4v) is 10.1. The molecule has 1 aromatic heterocycles. The Morgan fingerprint density at radius 3 is 2.64 bits per heavy atom. The summed E-state index contributed by atoms with van der Waals surface area (Å²) >= 11 is 0. The largest absolute Gasteiger partial charge is 0.431 e. The van der Waals surface area contributed by atoms with Crippen molar-refractivity contribution < 1.29 is 9.15 Å². The summed E-state index contributed by atoms with van der Waals surface area (Å²) in [6.45, 7) is 9.96. The lowest BCUT2D eigenvalue weighted by molar-refractivity contribution is -0.135. The number of epoxide rings is 1. The van der Waals surface area contributed by atoms with Crippen molar-refractivity contribution in [3.63, 3.8) is 0 Å². The van der Waals surface area contributed by atoms with Crippen LogP contribution < -0.4 is 10.9 Å². The zero-order valence-corrected chi connectivity index (χ0v) is 20.4. The molecule has 9 atom stereocenters. The number of ether oxygens (including phenoxy) is 1. The van der Waals surface area contributed by atoms with E-state index >= 15 is 0 Å².